The molecule has 0 aliphatic carbocycles. The molecule has 1 aromatic heterocycles. The fraction of sp³-hybridized carbons (Fsp3) is 0.714. The van der Waals surface area contributed by atoms with Crippen LogP contribution in [0.3, 0.4) is 0 Å². The summed E-state index contributed by atoms with van der Waals surface area (Å²) >= 11 is 0. The highest BCUT2D eigenvalue weighted by molar-refractivity contribution is 4.97. The molecule has 0 saturated carbocycles. The number of hydrogen-bond acceptors (Lipinski definition) is 2. The summed E-state index contributed by atoms with van der Waals surface area (Å²) in [7, 11) is 0. The summed E-state index contributed by atoms with van der Waals surface area (Å²) in [6, 6.07) is 0. The Kier molecular flexibility index (Phi) is 1.22. The van der Waals surface area contributed by atoms with Crippen LogP contribution in [0.15, 0.2) is 6.20 Å². The van der Waals surface area contributed by atoms with Crippen molar-refractivity contribution in [2.75, 3.05) is 0 Å². The molecule has 1 aliphatic heterocycles. The molecule has 0 unspecified atom stereocenters. The van der Waals surface area contributed by atoms with Crippen molar-refractivity contribution in [3.8, 4) is 0 Å². The monoisotopic (exact) mass is 137 g/mol. The Balaban J connectivity index is 2.30. The van der Waals surface area contributed by atoms with Gasteiger partial charge >= 0.3 is 0 Å². The van der Waals surface area contributed by atoms with Gasteiger partial charge in [0, 0.05) is 6.54 Å². The Morgan fingerprint density at radius 2 is 2.60 bits per heavy atom. The van der Waals surface area contributed by atoms with Crippen LogP contribution < -0.4 is 0 Å². The van der Waals surface area contributed by atoms with Crippen molar-refractivity contribution in [1.29, 1.82) is 0 Å². The Hall–Kier alpha value is -0.860. The molecule has 2 heterocycles. The van der Waals surface area contributed by atoms with E-state index < -0.39 is 0 Å². The maximum Gasteiger partial charge on any atom is 0.0725 e. The number of rotatable bonds is 0. The molecule has 10 heavy (non-hydrogen) atoms. The molecule has 2 rings (SSSR count). The molecule has 0 bridgehead atoms. The van der Waals surface area contributed by atoms with E-state index in [0.717, 1.165) is 18.9 Å². The summed E-state index contributed by atoms with van der Waals surface area (Å²) in [5, 5.41) is 7.81. The van der Waals surface area contributed by atoms with Crippen LogP contribution in [0.4, 0.5) is 0 Å². The van der Waals surface area contributed by atoms with E-state index in [2.05, 4.69) is 17.2 Å². The third-order valence-corrected chi connectivity index (χ3v) is 2.09. The third-order valence-electron chi connectivity index (χ3n) is 2.09. The zero-order valence-electron chi connectivity index (χ0n) is 6.12. The summed E-state index contributed by atoms with van der Waals surface area (Å²) in [5.74, 6) is 0.811. The molecule has 0 saturated heterocycles. The van der Waals surface area contributed by atoms with Gasteiger partial charge in [0.1, 0.15) is 0 Å². The Morgan fingerprint density at radius 1 is 1.70 bits per heavy atom. The van der Waals surface area contributed by atoms with Crippen LogP contribution in [0.2, 0.25) is 0 Å². The smallest absolute Gasteiger partial charge is 0.0725 e. The van der Waals surface area contributed by atoms with Crippen molar-refractivity contribution in [2.24, 2.45) is 5.92 Å². The maximum absolute atomic E-state index is 3.96. The summed E-state index contributed by atoms with van der Waals surface area (Å²) in [6.45, 7) is 3.33. The van der Waals surface area contributed by atoms with Crippen molar-refractivity contribution in [1.82, 2.24) is 15.0 Å². The van der Waals surface area contributed by atoms with Crippen molar-refractivity contribution in [2.45, 2.75) is 26.3 Å². The first-order chi connectivity index (χ1) is 4.86. The van der Waals surface area contributed by atoms with Crippen LogP contribution in [0.5, 0.6) is 0 Å². The van der Waals surface area contributed by atoms with Gasteiger partial charge in [0.2, 0.25) is 0 Å². The number of fused-ring (bicyclic) bond motifs is 1. The van der Waals surface area contributed by atoms with Crippen molar-refractivity contribution in [3.05, 3.63) is 11.9 Å². The second kappa shape index (κ2) is 2.08. The van der Waals surface area contributed by atoms with Crippen LogP contribution in [-0.2, 0) is 13.0 Å². The van der Waals surface area contributed by atoms with E-state index in [1.54, 1.807) is 0 Å². The lowest BCUT2D eigenvalue weighted by Gasteiger charge is -2.17. The molecule has 3 heteroatoms. The van der Waals surface area contributed by atoms with Crippen LogP contribution in [-0.4, -0.2) is 15.0 Å². The lowest BCUT2D eigenvalue weighted by atomic mass is 9.99. The van der Waals surface area contributed by atoms with Gasteiger partial charge in [-0.05, 0) is 18.8 Å². The van der Waals surface area contributed by atoms with Gasteiger partial charge in [0.15, 0.2) is 0 Å². The second-order valence-corrected chi connectivity index (χ2v) is 3.05. The highest BCUT2D eigenvalue weighted by Gasteiger charge is 2.14. The minimum Gasteiger partial charge on any atom is -0.249 e. The van der Waals surface area contributed by atoms with Crippen LogP contribution in [0, 0.1) is 5.92 Å². The fourth-order valence-corrected chi connectivity index (χ4v) is 1.43. The number of nitrogens with zero attached hydrogens (tertiary/aromatic N) is 3. The molecule has 0 amide bonds. The largest absolute Gasteiger partial charge is 0.249 e. The van der Waals surface area contributed by atoms with Crippen LogP contribution in [0.25, 0.3) is 0 Å². The van der Waals surface area contributed by atoms with Gasteiger partial charge in [0.05, 0.1) is 11.9 Å². The topological polar surface area (TPSA) is 30.7 Å². The van der Waals surface area contributed by atoms with Crippen molar-refractivity contribution in [3.63, 3.8) is 0 Å². The van der Waals surface area contributed by atoms with E-state index in [0.29, 0.717) is 0 Å². The lowest BCUT2D eigenvalue weighted by molar-refractivity contribution is 0.387. The minimum absolute atomic E-state index is 0.811. The SMILES string of the molecule is C[C@@H]1CCn2nncc2C1. The van der Waals surface area contributed by atoms with E-state index >= 15 is 0 Å². The predicted octanol–water partition coefficient (Wildman–Crippen LogP) is 0.860. The highest BCUT2D eigenvalue weighted by atomic mass is 15.4. The fourth-order valence-electron chi connectivity index (χ4n) is 1.43. The first-order valence-electron chi connectivity index (χ1n) is 3.73. The number of aryl methyl sites for hydroxylation is 1. The Bertz CT molecular complexity index is 229. The van der Waals surface area contributed by atoms with E-state index in [1.165, 1.54) is 12.1 Å². The molecule has 0 aromatic carbocycles. The molecule has 1 aromatic rings. The molecule has 54 valence electrons. The quantitative estimate of drug-likeness (QED) is 0.531. The Labute approximate surface area is 60.0 Å². The van der Waals surface area contributed by atoms with Gasteiger partial charge in [-0.15, -0.1) is 5.10 Å². The van der Waals surface area contributed by atoms with Crippen LogP contribution >= 0.6 is 0 Å². The first-order valence-corrected chi connectivity index (χ1v) is 3.73. The minimum atomic E-state index is 0.811. The molecule has 0 N–H and O–H groups in total. The molecule has 1 atom stereocenters. The van der Waals surface area contributed by atoms with E-state index in [9.17, 15) is 0 Å². The molecular weight excluding hydrogens is 126 g/mol. The average Bonchev–Trinajstić information content (AvgIpc) is 2.33. The summed E-state index contributed by atoms with van der Waals surface area (Å²) in [5.41, 5.74) is 1.29. The average molecular weight is 137 g/mol. The van der Waals surface area contributed by atoms with E-state index in [1.807, 2.05) is 10.9 Å². The van der Waals surface area contributed by atoms with Gasteiger partial charge in [0.25, 0.3) is 0 Å². The highest BCUT2D eigenvalue weighted by Crippen LogP contribution is 2.17. The normalized spacial score (nSPS) is 24.3. The van der Waals surface area contributed by atoms with Gasteiger partial charge in [-0.25, -0.2) is 4.68 Å². The van der Waals surface area contributed by atoms with E-state index in [4.69, 9.17) is 0 Å². The van der Waals surface area contributed by atoms with Gasteiger partial charge < -0.3 is 0 Å². The molecule has 3 nitrogen and oxygen atoms in total. The molecule has 0 radical (unpaired) electrons. The Morgan fingerprint density at radius 3 is 3.50 bits per heavy atom. The third kappa shape index (κ3) is 0.818. The predicted molar refractivity (Wildman–Crippen MR) is 37.5 cm³/mol. The van der Waals surface area contributed by atoms with Gasteiger partial charge in [-0.2, -0.15) is 0 Å². The van der Waals surface area contributed by atoms with Crippen molar-refractivity contribution < 1.29 is 0 Å². The number of hydrogen-bond donors (Lipinski definition) is 0. The van der Waals surface area contributed by atoms with Gasteiger partial charge in [-0.1, -0.05) is 12.1 Å². The molecular formula is C7H11N3. The summed E-state index contributed by atoms with van der Waals surface area (Å²) in [6.07, 6.45) is 4.26. The summed E-state index contributed by atoms with van der Waals surface area (Å²) in [4.78, 5) is 0. The van der Waals surface area contributed by atoms with Crippen molar-refractivity contribution >= 4 is 0 Å². The van der Waals surface area contributed by atoms with Gasteiger partial charge in [-0.3, -0.25) is 0 Å². The number of aromatic nitrogens is 3. The lowest BCUT2D eigenvalue weighted by Crippen LogP contribution is -2.17. The van der Waals surface area contributed by atoms with Crippen LogP contribution in [0.1, 0.15) is 19.0 Å². The molecule has 0 spiro atoms. The zero-order chi connectivity index (χ0) is 6.97. The molecule has 1 aliphatic rings. The zero-order valence-corrected chi connectivity index (χ0v) is 6.12. The summed E-state index contributed by atoms with van der Waals surface area (Å²) < 4.78 is 2.00. The second-order valence-electron chi connectivity index (χ2n) is 3.05. The first kappa shape index (κ1) is 5.89. The maximum atomic E-state index is 3.96. The van der Waals surface area contributed by atoms with E-state index in [-0.39, 0.29) is 0 Å². The molecule has 0 fully saturated rings. The standard InChI is InChI=1S/C7H11N3/c1-6-2-3-10-7(4-6)5-8-9-10/h5-6H,2-4H2,1H3/t6-/m1/s1.